The van der Waals surface area contributed by atoms with Gasteiger partial charge in [-0.05, 0) is 6.42 Å². The fraction of sp³-hybridized carbons (Fsp3) is 0.538. The zero-order valence-electron chi connectivity index (χ0n) is 12.3. The lowest BCUT2D eigenvalue weighted by atomic mass is 10.2. The second kappa shape index (κ2) is 11.6. The summed E-state index contributed by atoms with van der Waals surface area (Å²) in [7, 11) is 1.00. The van der Waals surface area contributed by atoms with Crippen molar-refractivity contribution >= 4 is 23.9 Å². The normalized spacial score (nSPS) is 9.29. The van der Waals surface area contributed by atoms with E-state index in [1.165, 1.54) is 6.92 Å². The quantitative estimate of drug-likeness (QED) is 0.459. The minimum Gasteiger partial charge on any atom is -0.400 e. The lowest BCUT2D eigenvalue weighted by Crippen LogP contribution is -2.27. The maximum Gasteiger partial charge on any atom is 0.222 e. The van der Waals surface area contributed by atoms with Crippen LogP contribution in [0.4, 0.5) is 5.82 Å². The third-order valence-corrected chi connectivity index (χ3v) is 2.39. The molecule has 0 bridgehead atoms. The third-order valence-electron chi connectivity index (χ3n) is 2.39. The molecule has 0 aliphatic rings. The highest BCUT2D eigenvalue weighted by Crippen LogP contribution is 2.04. The number of rotatable bonds is 8. The van der Waals surface area contributed by atoms with E-state index in [4.69, 9.17) is 5.11 Å². The molecule has 1 rings (SSSR count). The van der Waals surface area contributed by atoms with Crippen molar-refractivity contribution in [2.45, 2.75) is 32.7 Å². The number of hydrogen-bond donors (Lipinski definition) is 3. The summed E-state index contributed by atoms with van der Waals surface area (Å²) < 4.78 is 1.60. The molecular formula is C13H22N4O4. The van der Waals surface area contributed by atoms with Gasteiger partial charge in [0.25, 0.3) is 0 Å². The highest BCUT2D eigenvalue weighted by Gasteiger charge is 2.04. The van der Waals surface area contributed by atoms with E-state index in [9.17, 15) is 14.4 Å². The van der Waals surface area contributed by atoms with Gasteiger partial charge in [-0.1, -0.05) is 0 Å². The fourth-order valence-corrected chi connectivity index (χ4v) is 1.53. The molecule has 0 spiro atoms. The first-order chi connectivity index (χ1) is 10.1. The van der Waals surface area contributed by atoms with Crippen molar-refractivity contribution in [1.82, 2.24) is 15.1 Å². The predicted octanol–water partition coefficient (Wildman–Crippen LogP) is -0.0646. The van der Waals surface area contributed by atoms with E-state index in [1.807, 2.05) is 0 Å². The average molecular weight is 298 g/mol. The number of aliphatic hydroxyl groups excluding tert-OH is 1. The van der Waals surface area contributed by atoms with Gasteiger partial charge in [0, 0.05) is 39.5 Å². The number of hydrogen-bond acceptors (Lipinski definition) is 5. The number of nitrogens with zero attached hydrogens (tertiary/aromatic N) is 2. The van der Waals surface area contributed by atoms with Gasteiger partial charge in [-0.25, -0.2) is 4.68 Å². The Kier molecular flexibility index (Phi) is 10.4. The van der Waals surface area contributed by atoms with Gasteiger partial charge in [0.1, 0.15) is 12.1 Å². The van der Waals surface area contributed by atoms with Crippen LogP contribution in [0.1, 0.15) is 26.2 Å². The fourth-order valence-electron chi connectivity index (χ4n) is 1.53. The van der Waals surface area contributed by atoms with E-state index >= 15 is 0 Å². The zero-order valence-corrected chi connectivity index (χ0v) is 12.3. The molecule has 0 atom stereocenters. The number of aldehydes is 1. The maximum absolute atomic E-state index is 11.4. The van der Waals surface area contributed by atoms with Crippen molar-refractivity contribution in [3.05, 3.63) is 12.3 Å². The van der Waals surface area contributed by atoms with E-state index in [-0.39, 0.29) is 11.8 Å². The molecule has 8 heteroatoms. The lowest BCUT2D eigenvalue weighted by Gasteiger charge is -2.08. The molecule has 0 saturated heterocycles. The molecule has 1 aromatic rings. The standard InChI is InChI=1S/C12H18N4O3.CH4O/c1-10(18)15-11-5-6-14-16(11)8-7-13-12(19)4-2-3-9-17;1-2/h5-6,9H,2-4,7-8H2,1H3,(H,13,19)(H,15,18);2H,1H3. The van der Waals surface area contributed by atoms with E-state index in [0.29, 0.717) is 38.2 Å². The monoisotopic (exact) mass is 298 g/mol. The molecular weight excluding hydrogens is 276 g/mol. The molecule has 21 heavy (non-hydrogen) atoms. The Labute approximate surface area is 123 Å². The molecule has 0 fully saturated rings. The zero-order chi connectivity index (χ0) is 16.1. The summed E-state index contributed by atoms with van der Waals surface area (Å²) in [6, 6.07) is 1.69. The van der Waals surface area contributed by atoms with E-state index in [2.05, 4.69) is 15.7 Å². The van der Waals surface area contributed by atoms with Crippen LogP contribution in [0.3, 0.4) is 0 Å². The number of aromatic nitrogens is 2. The van der Waals surface area contributed by atoms with Crippen LogP contribution in [0.2, 0.25) is 0 Å². The summed E-state index contributed by atoms with van der Waals surface area (Å²) in [5.41, 5.74) is 0. The van der Waals surface area contributed by atoms with Crippen molar-refractivity contribution in [3.63, 3.8) is 0 Å². The van der Waals surface area contributed by atoms with Crippen molar-refractivity contribution in [2.24, 2.45) is 0 Å². The largest absolute Gasteiger partial charge is 0.400 e. The van der Waals surface area contributed by atoms with Crippen LogP contribution in [-0.4, -0.2) is 46.6 Å². The van der Waals surface area contributed by atoms with Crippen molar-refractivity contribution in [2.75, 3.05) is 19.0 Å². The van der Waals surface area contributed by atoms with E-state index < -0.39 is 0 Å². The van der Waals surface area contributed by atoms with Crippen molar-refractivity contribution in [3.8, 4) is 0 Å². The molecule has 2 amide bonds. The Bertz CT molecular complexity index is 445. The lowest BCUT2D eigenvalue weighted by molar-refractivity contribution is -0.121. The first kappa shape index (κ1) is 18.8. The Hall–Kier alpha value is -2.22. The van der Waals surface area contributed by atoms with Crippen LogP contribution in [0, 0.1) is 0 Å². The van der Waals surface area contributed by atoms with Crippen molar-refractivity contribution < 1.29 is 19.5 Å². The minimum absolute atomic E-state index is 0.0879. The van der Waals surface area contributed by atoms with Gasteiger partial charge in [-0.15, -0.1) is 0 Å². The third kappa shape index (κ3) is 8.53. The van der Waals surface area contributed by atoms with Gasteiger partial charge in [0.05, 0.1) is 12.7 Å². The molecule has 0 aliphatic heterocycles. The predicted molar refractivity (Wildman–Crippen MR) is 77.6 cm³/mol. The first-order valence-corrected chi connectivity index (χ1v) is 6.58. The maximum atomic E-state index is 11.4. The molecule has 0 aromatic carbocycles. The average Bonchev–Trinajstić information content (AvgIpc) is 2.88. The Morgan fingerprint density at radius 1 is 1.43 bits per heavy atom. The summed E-state index contributed by atoms with van der Waals surface area (Å²) in [6.45, 7) is 2.32. The molecule has 3 N–H and O–H groups in total. The second-order valence-electron chi connectivity index (χ2n) is 4.03. The number of carbonyl (C=O) groups excluding carboxylic acids is 3. The summed E-state index contributed by atoms with van der Waals surface area (Å²) >= 11 is 0. The number of anilines is 1. The van der Waals surface area contributed by atoms with Gasteiger partial charge in [-0.2, -0.15) is 5.10 Å². The molecule has 8 nitrogen and oxygen atoms in total. The van der Waals surface area contributed by atoms with Crippen LogP contribution in [0.5, 0.6) is 0 Å². The van der Waals surface area contributed by atoms with Gasteiger partial charge >= 0.3 is 0 Å². The van der Waals surface area contributed by atoms with Gasteiger partial charge in [0.2, 0.25) is 11.8 Å². The highest BCUT2D eigenvalue weighted by molar-refractivity contribution is 5.87. The Morgan fingerprint density at radius 3 is 2.76 bits per heavy atom. The minimum atomic E-state index is -0.167. The molecule has 0 saturated carbocycles. The number of amides is 2. The summed E-state index contributed by atoms with van der Waals surface area (Å²) in [4.78, 5) is 32.4. The summed E-state index contributed by atoms with van der Waals surface area (Å²) in [5, 5.41) is 16.4. The number of nitrogens with one attached hydrogen (secondary N) is 2. The van der Waals surface area contributed by atoms with Crippen LogP contribution in [0.25, 0.3) is 0 Å². The molecule has 0 radical (unpaired) electrons. The molecule has 0 aliphatic carbocycles. The van der Waals surface area contributed by atoms with Gasteiger partial charge in [0.15, 0.2) is 0 Å². The second-order valence-corrected chi connectivity index (χ2v) is 4.03. The van der Waals surface area contributed by atoms with Gasteiger partial charge < -0.3 is 20.5 Å². The molecule has 1 aromatic heterocycles. The highest BCUT2D eigenvalue weighted by atomic mass is 16.2. The molecule has 118 valence electrons. The van der Waals surface area contributed by atoms with E-state index in [1.54, 1.807) is 16.9 Å². The van der Waals surface area contributed by atoms with Crippen LogP contribution < -0.4 is 10.6 Å². The smallest absolute Gasteiger partial charge is 0.222 e. The number of aliphatic hydroxyl groups is 1. The van der Waals surface area contributed by atoms with Gasteiger partial charge in [-0.3, -0.25) is 9.59 Å². The summed E-state index contributed by atoms with van der Waals surface area (Å²) in [5.74, 6) is 0.345. The topological polar surface area (TPSA) is 113 Å². The SMILES string of the molecule is CC(=O)Nc1ccnn1CCNC(=O)CCCC=O.CO. The Morgan fingerprint density at radius 2 is 2.14 bits per heavy atom. The number of carbonyl (C=O) groups is 3. The van der Waals surface area contributed by atoms with Crippen LogP contribution in [0.15, 0.2) is 12.3 Å². The summed E-state index contributed by atoms with van der Waals surface area (Å²) in [6.07, 6.45) is 3.69. The van der Waals surface area contributed by atoms with E-state index in [0.717, 1.165) is 13.4 Å². The first-order valence-electron chi connectivity index (χ1n) is 6.58. The van der Waals surface area contributed by atoms with Crippen LogP contribution >= 0.6 is 0 Å². The number of unbranched alkanes of at least 4 members (excludes halogenated alkanes) is 1. The van der Waals surface area contributed by atoms with Crippen LogP contribution in [-0.2, 0) is 20.9 Å². The van der Waals surface area contributed by atoms with Crippen molar-refractivity contribution in [1.29, 1.82) is 0 Å². The molecule has 1 heterocycles. The Balaban J connectivity index is 0.00000191. The molecule has 0 unspecified atom stereocenters.